The van der Waals surface area contributed by atoms with Crippen molar-refractivity contribution in [3.05, 3.63) is 88.7 Å². The zero-order valence-corrected chi connectivity index (χ0v) is 31.2. The van der Waals surface area contributed by atoms with Gasteiger partial charge in [0.25, 0.3) is 15.9 Å². The van der Waals surface area contributed by atoms with Crippen LogP contribution in [0, 0.1) is 31.6 Å². The number of ether oxygens (including phenoxy) is 1. The van der Waals surface area contributed by atoms with Crippen LogP contribution in [0.1, 0.15) is 80.2 Å². The number of hydrogen-bond donors (Lipinski definition) is 1. The second kappa shape index (κ2) is 13.3. The Morgan fingerprint density at radius 1 is 0.980 bits per heavy atom. The highest BCUT2D eigenvalue weighted by atomic mass is 32.2. The molecule has 11 heteroatoms. The van der Waals surface area contributed by atoms with Crippen LogP contribution in [0.4, 0.5) is 11.6 Å². The number of carbonyl (C=O) groups excluding carboxylic acids is 1. The van der Waals surface area contributed by atoms with Gasteiger partial charge in [-0.25, -0.2) is 18.1 Å². The normalized spacial score (nSPS) is 18.8. The summed E-state index contributed by atoms with van der Waals surface area (Å²) in [6.45, 7) is 19.3. The molecule has 1 fully saturated rings. The number of anilines is 2. The first-order chi connectivity index (χ1) is 23.5. The fourth-order valence-corrected chi connectivity index (χ4v) is 7.96. The standard InChI is InChI=1S/C39H48N6O4S/c1-25-11-9-12-26(2)35(25)32-19-34-42-37(41-32)43-50(47,48)31-14-10-13-28(18-31)36(46)45(30(23-49-34)20-38(4,5)6)22-33-27(3)17-29(21-40-33)44-16-15-39(7,8)24-44/h9-14,17-19,21,30H,15-16,20,22-24H2,1-8H3,(H,41,42,43)/t30-/m1/s1. The van der Waals surface area contributed by atoms with Crippen molar-refractivity contribution >= 4 is 27.6 Å². The number of pyridine rings is 1. The molecule has 1 saturated heterocycles. The molecule has 4 bridgehead atoms. The Morgan fingerprint density at radius 2 is 1.70 bits per heavy atom. The highest BCUT2D eigenvalue weighted by Crippen LogP contribution is 2.34. The summed E-state index contributed by atoms with van der Waals surface area (Å²) in [7, 11) is -4.17. The molecule has 2 aromatic carbocycles. The van der Waals surface area contributed by atoms with Crippen LogP contribution in [0.3, 0.4) is 0 Å². The highest BCUT2D eigenvalue weighted by Gasteiger charge is 2.33. The van der Waals surface area contributed by atoms with E-state index in [-0.39, 0.29) is 52.2 Å². The number of hydrogen-bond acceptors (Lipinski definition) is 8. The van der Waals surface area contributed by atoms with Gasteiger partial charge >= 0.3 is 0 Å². The zero-order chi connectivity index (χ0) is 36.0. The van der Waals surface area contributed by atoms with Crippen LogP contribution < -0.4 is 14.4 Å². The third-order valence-corrected chi connectivity index (χ3v) is 10.9. The number of carbonyl (C=O) groups is 1. The second-order valence-electron chi connectivity index (χ2n) is 15.8. The van der Waals surface area contributed by atoms with Gasteiger partial charge in [-0.15, -0.1) is 0 Å². The number of amides is 1. The Balaban J connectivity index is 1.45. The molecule has 6 rings (SSSR count). The van der Waals surface area contributed by atoms with E-state index in [1.165, 1.54) is 12.1 Å². The number of aryl methyl sites for hydroxylation is 3. The van der Waals surface area contributed by atoms with Gasteiger partial charge in [0.2, 0.25) is 11.8 Å². The topological polar surface area (TPSA) is 118 Å². The number of benzene rings is 2. The van der Waals surface area contributed by atoms with E-state index in [9.17, 15) is 13.2 Å². The van der Waals surface area contributed by atoms with Crippen molar-refractivity contribution in [2.45, 2.75) is 85.7 Å². The number of fused-ring (bicyclic) bond motifs is 4. The van der Waals surface area contributed by atoms with Gasteiger partial charge in [-0.1, -0.05) is 58.9 Å². The van der Waals surface area contributed by atoms with E-state index in [2.05, 4.69) is 60.3 Å². The molecular formula is C39H48N6O4S. The maximum Gasteiger partial charge on any atom is 0.264 e. The molecule has 10 nitrogen and oxygen atoms in total. The molecule has 0 radical (unpaired) electrons. The summed E-state index contributed by atoms with van der Waals surface area (Å²) in [6.07, 6.45) is 3.63. The van der Waals surface area contributed by atoms with Crippen LogP contribution >= 0.6 is 0 Å². The van der Waals surface area contributed by atoms with Crippen molar-refractivity contribution in [2.24, 2.45) is 10.8 Å². The highest BCUT2D eigenvalue weighted by molar-refractivity contribution is 7.92. The second-order valence-corrected chi connectivity index (χ2v) is 17.5. The number of sulfonamides is 1. The Kier molecular flexibility index (Phi) is 9.41. The predicted molar refractivity (Wildman–Crippen MR) is 197 cm³/mol. The molecule has 4 heterocycles. The summed E-state index contributed by atoms with van der Waals surface area (Å²) in [4.78, 5) is 32.7. The van der Waals surface area contributed by atoms with Crippen molar-refractivity contribution in [2.75, 3.05) is 29.3 Å². The summed E-state index contributed by atoms with van der Waals surface area (Å²) in [5.74, 6) is -0.207. The molecule has 264 valence electrons. The summed E-state index contributed by atoms with van der Waals surface area (Å²) in [5.41, 5.74) is 6.54. The third-order valence-electron chi connectivity index (χ3n) is 9.56. The SMILES string of the molecule is Cc1cc(N2CCC(C)(C)C2)cnc1CN1C(=O)c2cccc(c2)S(=O)(=O)Nc2nc(cc(-c3c(C)cccc3C)n2)OC[C@H]1CC(C)(C)C. The zero-order valence-electron chi connectivity index (χ0n) is 30.4. The number of nitrogens with zero attached hydrogens (tertiary/aromatic N) is 5. The monoisotopic (exact) mass is 696 g/mol. The third kappa shape index (κ3) is 7.78. The van der Waals surface area contributed by atoms with Gasteiger partial charge in [0.1, 0.15) is 6.61 Å². The van der Waals surface area contributed by atoms with E-state index in [0.717, 1.165) is 53.1 Å². The first kappa shape index (κ1) is 35.3. The van der Waals surface area contributed by atoms with Crippen LogP contribution in [0.15, 0.2) is 65.7 Å². The molecule has 50 heavy (non-hydrogen) atoms. The van der Waals surface area contributed by atoms with Crippen LogP contribution in [-0.4, -0.2) is 59.9 Å². The Hall–Kier alpha value is -4.51. The molecule has 4 aromatic rings. The summed E-state index contributed by atoms with van der Waals surface area (Å²) < 4.78 is 36.5. The van der Waals surface area contributed by atoms with Crippen molar-refractivity contribution in [3.8, 4) is 17.1 Å². The van der Waals surface area contributed by atoms with Gasteiger partial charge in [-0.05, 0) is 85.4 Å². The van der Waals surface area contributed by atoms with E-state index in [1.807, 2.05) is 45.2 Å². The molecule has 2 aromatic heterocycles. The average molecular weight is 697 g/mol. The van der Waals surface area contributed by atoms with E-state index in [4.69, 9.17) is 9.72 Å². The molecule has 0 unspecified atom stereocenters. The minimum atomic E-state index is -4.17. The van der Waals surface area contributed by atoms with Gasteiger partial charge in [-0.2, -0.15) is 4.98 Å². The molecule has 0 spiro atoms. The van der Waals surface area contributed by atoms with Gasteiger partial charge < -0.3 is 14.5 Å². The van der Waals surface area contributed by atoms with Crippen LogP contribution in [-0.2, 0) is 16.6 Å². The fourth-order valence-electron chi connectivity index (χ4n) is 6.97. The largest absolute Gasteiger partial charge is 0.475 e. The van der Waals surface area contributed by atoms with E-state index in [0.29, 0.717) is 12.1 Å². The lowest BCUT2D eigenvalue weighted by Gasteiger charge is -2.36. The Bertz CT molecular complexity index is 2020. The van der Waals surface area contributed by atoms with E-state index in [1.54, 1.807) is 23.1 Å². The maximum atomic E-state index is 14.6. The van der Waals surface area contributed by atoms with Crippen molar-refractivity contribution < 1.29 is 17.9 Å². The molecule has 1 atom stereocenters. The van der Waals surface area contributed by atoms with Crippen molar-refractivity contribution in [1.29, 1.82) is 0 Å². The lowest BCUT2D eigenvalue weighted by molar-refractivity contribution is 0.0509. The van der Waals surface area contributed by atoms with Gasteiger partial charge in [0, 0.05) is 30.3 Å². The molecule has 2 aliphatic rings. The predicted octanol–water partition coefficient (Wildman–Crippen LogP) is 7.34. The summed E-state index contributed by atoms with van der Waals surface area (Å²) in [6, 6.07) is 15.5. The lowest BCUT2D eigenvalue weighted by atomic mass is 9.87. The summed E-state index contributed by atoms with van der Waals surface area (Å²) in [5, 5.41) is 0. The number of rotatable bonds is 5. The first-order valence-corrected chi connectivity index (χ1v) is 18.7. The minimum absolute atomic E-state index is 0.0642. The van der Waals surface area contributed by atoms with Crippen molar-refractivity contribution in [3.63, 3.8) is 0 Å². The van der Waals surface area contributed by atoms with Gasteiger partial charge in [0.05, 0.1) is 40.8 Å². The molecule has 1 N–H and O–H groups in total. The summed E-state index contributed by atoms with van der Waals surface area (Å²) >= 11 is 0. The van der Waals surface area contributed by atoms with E-state index < -0.39 is 16.1 Å². The van der Waals surface area contributed by atoms with Gasteiger partial charge in [-0.3, -0.25) is 9.78 Å². The van der Waals surface area contributed by atoms with Crippen molar-refractivity contribution in [1.82, 2.24) is 19.9 Å². The first-order valence-electron chi connectivity index (χ1n) is 17.2. The smallest absolute Gasteiger partial charge is 0.264 e. The quantitative estimate of drug-likeness (QED) is 0.230. The van der Waals surface area contributed by atoms with Crippen LogP contribution in [0.5, 0.6) is 5.88 Å². The van der Waals surface area contributed by atoms with E-state index >= 15 is 0 Å². The van der Waals surface area contributed by atoms with Crippen LogP contribution in [0.2, 0.25) is 0 Å². The minimum Gasteiger partial charge on any atom is -0.475 e. The number of aromatic nitrogens is 3. The Labute approximate surface area is 296 Å². The lowest BCUT2D eigenvalue weighted by Crippen LogP contribution is -2.45. The maximum absolute atomic E-state index is 14.6. The Morgan fingerprint density at radius 3 is 2.36 bits per heavy atom. The van der Waals surface area contributed by atoms with Gasteiger partial charge in [0.15, 0.2) is 0 Å². The average Bonchev–Trinajstić information content (AvgIpc) is 3.40. The number of nitrogens with one attached hydrogen (secondary N) is 1. The molecule has 0 saturated carbocycles. The molecular weight excluding hydrogens is 649 g/mol. The molecule has 1 amide bonds. The fraction of sp³-hybridized carbons (Fsp3) is 0.436. The van der Waals surface area contributed by atoms with Crippen LogP contribution in [0.25, 0.3) is 11.3 Å². The molecule has 0 aliphatic carbocycles. The molecule has 2 aliphatic heterocycles.